The zero-order chi connectivity index (χ0) is 30.5. The van der Waals surface area contributed by atoms with E-state index in [1.165, 1.54) is 6.20 Å². The van der Waals surface area contributed by atoms with Crippen molar-refractivity contribution >= 4 is 50.9 Å². The molecule has 2 fully saturated rings. The van der Waals surface area contributed by atoms with E-state index in [0.29, 0.717) is 34.8 Å². The summed E-state index contributed by atoms with van der Waals surface area (Å²) in [5.74, 6) is 0.124. The van der Waals surface area contributed by atoms with Gasteiger partial charge >= 0.3 is 5.97 Å². The fourth-order valence-electron chi connectivity index (χ4n) is 6.17. The van der Waals surface area contributed by atoms with E-state index in [0.717, 1.165) is 54.9 Å². The molecule has 12 heteroatoms. The molecule has 0 spiro atoms. The van der Waals surface area contributed by atoms with Crippen molar-refractivity contribution < 1.29 is 14.6 Å². The molecule has 2 N–H and O–H groups in total. The quantitative estimate of drug-likeness (QED) is 0.262. The number of nitrogens with one attached hydrogen (secondary N) is 1. The zero-order valence-corrected chi connectivity index (χ0v) is 25.2. The number of ether oxygens (including phenoxy) is 1. The number of pyridine rings is 3. The molecule has 4 aromatic heterocycles. The Morgan fingerprint density at radius 1 is 1.16 bits per heavy atom. The zero-order valence-electron chi connectivity index (χ0n) is 24.4. The van der Waals surface area contributed by atoms with Gasteiger partial charge < -0.3 is 34.1 Å². The number of anilines is 2. The number of halogens is 1. The number of carboxylic acid groups (broad SMARTS) is 1. The Kier molecular flexibility index (Phi) is 7.14. The molecule has 44 heavy (non-hydrogen) atoms. The highest BCUT2D eigenvalue weighted by Gasteiger charge is 2.30. The fourth-order valence-corrected chi connectivity index (χ4v) is 6.44. The van der Waals surface area contributed by atoms with Crippen LogP contribution >= 0.6 is 11.6 Å². The van der Waals surface area contributed by atoms with Crippen molar-refractivity contribution in [1.82, 2.24) is 24.4 Å². The van der Waals surface area contributed by atoms with Crippen LogP contribution in [0, 0.1) is 0 Å². The molecule has 226 valence electrons. The largest absolute Gasteiger partial charge is 0.477 e. The SMILES string of the molecule is CN(C)C1CN(c2ccc(-n3cc(C(=O)O)c(=O)c4cc(Cl)c(N5CCC[C@@H]5COc5nccc6[nH]ccc56)cc43)cn2)C1. The minimum Gasteiger partial charge on any atom is -0.477 e. The lowest BCUT2D eigenvalue weighted by atomic mass is 10.1. The summed E-state index contributed by atoms with van der Waals surface area (Å²) in [4.78, 5) is 44.3. The molecule has 0 bridgehead atoms. The number of carboxylic acids is 1. The second kappa shape index (κ2) is 11.1. The summed E-state index contributed by atoms with van der Waals surface area (Å²) in [6.07, 6.45) is 8.52. The van der Waals surface area contributed by atoms with E-state index >= 15 is 0 Å². The third-order valence-corrected chi connectivity index (χ3v) is 9.07. The lowest BCUT2D eigenvalue weighted by Crippen LogP contribution is -2.57. The van der Waals surface area contributed by atoms with E-state index in [2.05, 4.69) is 43.7 Å². The molecule has 11 nitrogen and oxygen atoms in total. The Labute approximate surface area is 258 Å². The van der Waals surface area contributed by atoms with Crippen LogP contribution in [0.5, 0.6) is 5.88 Å². The highest BCUT2D eigenvalue weighted by Crippen LogP contribution is 2.36. The average Bonchev–Trinajstić information content (AvgIpc) is 3.66. The maximum Gasteiger partial charge on any atom is 0.341 e. The van der Waals surface area contributed by atoms with Gasteiger partial charge in [0.2, 0.25) is 11.3 Å². The third kappa shape index (κ3) is 4.91. The van der Waals surface area contributed by atoms with Crippen LogP contribution in [0.25, 0.3) is 27.5 Å². The first-order chi connectivity index (χ1) is 21.3. The first kappa shape index (κ1) is 28.2. The molecule has 0 saturated carbocycles. The van der Waals surface area contributed by atoms with E-state index < -0.39 is 11.4 Å². The van der Waals surface area contributed by atoms with Gasteiger partial charge in [0.1, 0.15) is 18.0 Å². The normalized spacial score (nSPS) is 17.1. The van der Waals surface area contributed by atoms with Gasteiger partial charge in [-0.3, -0.25) is 4.79 Å². The summed E-state index contributed by atoms with van der Waals surface area (Å²) in [5, 5.41) is 11.4. The Morgan fingerprint density at radius 2 is 2.00 bits per heavy atom. The summed E-state index contributed by atoms with van der Waals surface area (Å²) < 4.78 is 7.92. The maximum atomic E-state index is 13.3. The highest BCUT2D eigenvalue weighted by molar-refractivity contribution is 6.34. The van der Waals surface area contributed by atoms with Gasteiger partial charge in [-0.1, -0.05) is 11.6 Å². The first-order valence-electron chi connectivity index (χ1n) is 14.6. The number of hydrogen-bond acceptors (Lipinski definition) is 8. The number of aromatic carboxylic acids is 1. The minimum absolute atomic E-state index is 0.0304. The first-order valence-corrected chi connectivity index (χ1v) is 15.0. The summed E-state index contributed by atoms with van der Waals surface area (Å²) in [7, 11) is 4.14. The summed E-state index contributed by atoms with van der Waals surface area (Å²) >= 11 is 6.83. The van der Waals surface area contributed by atoms with E-state index in [4.69, 9.17) is 16.3 Å². The lowest BCUT2D eigenvalue weighted by Gasteiger charge is -2.43. The minimum atomic E-state index is -1.30. The molecule has 2 aliphatic heterocycles. The Balaban J connectivity index is 1.23. The van der Waals surface area contributed by atoms with Crippen LogP contribution in [0.4, 0.5) is 11.5 Å². The van der Waals surface area contributed by atoms with Crippen LogP contribution in [0.15, 0.2) is 66.0 Å². The second-order valence-corrected chi connectivity index (χ2v) is 12.0. The van der Waals surface area contributed by atoms with E-state index in [1.807, 2.05) is 36.5 Å². The molecule has 2 aliphatic rings. The molecule has 6 heterocycles. The van der Waals surface area contributed by atoms with Crippen LogP contribution in [0.2, 0.25) is 5.02 Å². The van der Waals surface area contributed by atoms with Gasteiger partial charge in [-0.25, -0.2) is 14.8 Å². The predicted octanol–water partition coefficient (Wildman–Crippen LogP) is 4.41. The van der Waals surface area contributed by atoms with Crippen molar-refractivity contribution in [2.45, 2.75) is 24.9 Å². The van der Waals surface area contributed by atoms with Crippen molar-refractivity contribution in [2.75, 3.05) is 50.1 Å². The molecule has 0 unspecified atom stereocenters. The van der Waals surface area contributed by atoms with E-state index in [9.17, 15) is 14.7 Å². The molecule has 2 saturated heterocycles. The van der Waals surface area contributed by atoms with Gasteiger partial charge in [0.25, 0.3) is 0 Å². The number of H-pyrrole nitrogens is 1. The van der Waals surface area contributed by atoms with Crippen molar-refractivity contribution in [3.8, 4) is 11.6 Å². The van der Waals surface area contributed by atoms with Gasteiger partial charge in [0.15, 0.2) is 0 Å². The van der Waals surface area contributed by atoms with Crippen molar-refractivity contribution in [3.05, 3.63) is 82.0 Å². The third-order valence-electron chi connectivity index (χ3n) is 8.77. The Morgan fingerprint density at radius 3 is 2.75 bits per heavy atom. The van der Waals surface area contributed by atoms with Crippen molar-refractivity contribution in [2.24, 2.45) is 0 Å². The molecule has 0 radical (unpaired) electrons. The molecule has 7 rings (SSSR count). The van der Waals surface area contributed by atoms with Crippen LogP contribution in [0.3, 0.4) is 0 Å². The number of carbonyl (C=O) groups is 1. The van der Waals surface area contributed by atoms with E-state index in [-0.39, 0.29) is 17.0 Å². The number of benzene rings is 1. The van der Waals surface area contributed by atoms with Crippen LogP contribution in [-0.4, -0.2) is 87.9 Å². The molecule has 0 aliphatic carbocycles. The van der Waals surface area contributed by atoms with Crippen molar-refractivity contribution in [1.29, 1.82) is 0 Å². The number of hydrogen-bond donors (Lipinski definition) is 2. The highest BCUT2D eigenvalue weighted by atomic mass is 35.5. The van der Waals surface area contributed by atoms with Gasteiger partial charge in [-0.05, 0) is 63.3 Å². The number of nitrogens with zero attached hydrogens (tertiary/aromatic N) is 6. The molecular formula is C32H32ClN7O4. The van der Waals surface area contributed by atoms with E-state index in [1.54, 1.807) is 23.0 Å². The average molecular weight is 614 g/mol. The van der Waals surface area contributed by atoms with Crippen LogP contribution in [0.1, 0.15) is 23.2 Å². The number of aromatic amines is 1. The number of fused-ring (bicyclic) bond motifs is 2. The number of aromatic nitrogens is 4. The summed E-state index contributed by atoms with van der Waals surface area (Å²) in [6, 6.07) is 11.6. The van der Waals surface area contributed by atoms with Gasteiger partial charge in [0, 0.05) is 49.7 Å². The topological polar surface area (TPSA) is 120 Å². The summed E-state index contributed by atoms with van der Waals surface area (Å²) in [5.41, 5.74) is 2.00. The number of likely N-dealkylation sites (N-methyl/N-ethyl adjacent to an activating group) is 1. The standard InChI is InChI=1S/C32H32ClN7O4/c1-37(2)21-15-38(16-21)29-6-5-19(14-36-29)40-17-24(32(42)43)30(41)23-12-25(33)28(13-27(23)40)39-11-3-4-20(39)18-44-31-22-7-9-34-26(22)8-10-35-31/h5-10,12-14,17,20-21,34H,3-4,11,15-16,18H2,1-2H3,(H,42,43)/t20-/m1/s1. The summed E-state index contributed by atoms with van der Waals surface area (Å²) in [6.45, 7) is 2.95. The van der Waals surface area contributed by atoms with Crippen LogP contribution in [-0.2, 0) is 0 Å². The smallest absolute Gasteiger partial charge is 0.341 e. The molecule has 1 aromatic carbocycles. The van der Waals surface area contributed by atoms with Gasteiger partial charge in [-0.15, -0.1) is 0 Å². The molecule has 5 aromatic rings. The van der Waals surface area contributed by atoms with Crippen LogP contribution < -0.4 is 20.0 Å². The molecular weight excluding hydrogens is 582 g/mol. The second-order valence-electron chi connectivity index (χ2n) is 11.6. The maximum absolute atomic E-state index is 13.3. The van der Waals surface area contributed by atoms with Gasteiger partial charge in [0.05, 0.1) is 45.1 Å². The fraction of sp³-hybridized carbons (Fsp3) is 0.312. The predicted molar refractivity (Wildman–Crippen MR) is 171 cm³/mol. The molecule has 1 atom stereocenters. The number of rotatable bonds is 8. The van der Waals surface area contributed by atoms with Gasteiger partial charge in [-0.2, -0.15) is 0 Å². The van der Waals surface area contributed by atoms with Crippen molar-refractivity contribution in [3.63, 3.8) is 0 Å². The Bertz CT molecular complexity index is 1930. The Hall–Kier alpha value is -4.61. The lowest BCUT2D eigenvalue weighted by molar-refractivity contribution is 0.0695. The molecule has 0 amide bonds. The monoisotopic (exact) mass is 613 g/mol.